The van der Waals surface area contributed by atoms with Crippen molar-refractivity contribution in [2.24, 2.45) is 5.92 Å². The number of nitrogens with one attached hydrogen (secondary N) is 1. The van der Waals surface area contributed by atoms with Gasteiger partial charge in [-0.25, -0.2) is 0 Å². The van der Waals surface area contributed by atoms with Gasteiger partial charge in [0, 0.05) is 38.6 Å². The minimum absolute atomic E-state index is 0.646. The fraction of sp³-hybridized carbons (Fsp3) is 0.625. The van der Waals surface area contributed by atoms with Gasteiger partial charge in [-0.15, -0.1) is 0 Å². The molecule has 1 saturated carbocycles. The van der Waals surface area contributed by atoms with Crippen LogP contribution in [0.25, 0.3) is 0 Å². The first kappa shape index (κ1) is 11.7. The molecule has 0 radical (unpaired) electrons. The summed E-state index contributed by atoms with van der Waals surface area (Å²) in [5, 5.41) is 3.46. The van der Waals surface area contributed by atoms with Crippen LogP contribution in [-0.4, -0.2) is 37.7 Å². The lowest BCUT2D eigenvalue weighted by atomic mass is 9.97. The number of piperazine rings is 1. The minimum Gasteiger partial charge on any atom is -0.493 e. The van der Waals surface area contributed by atoms with Gasteiger partial charge in [0.25, 0.3) is 0 Å². The van der Waals surface area contributed by atoms with Crippen molar-refractivity contribution >= 4 is 0 Å². The van der Waals surface area contributed by atoms with Gasteiger partial charge in [-0.2, -0.15) is 0 Å². The Hall–Kier alpha value is -1.06. The van der Waals surface area contributed by atoms with Gasteiger partial charge in [0.15, 0.2) is 0 Å². The van der Waals surface area contributed by atoms with E-state index in [9.17, 15) is 0 Å². The largest absolute Gasteiger partial charge is 0.493 e. The van der Waals surface area contributed by atoms with Crippen molar-refractivity contribution < 1.29 is 4.74 Å². The van der Waals surface area contributed by atoms with Crippen molar-refractivity contribution in [3.05, 3.63) is 29.3 Å². The molecule has 3 aliphatic rings. The van der Waals surface area contributed by atoms with Gasteiger partial charge in [-0.05, 0) is 36.0 Å². The number of hydrogen-bond acceptors (Lipinski definition) is 3. The molecule has 3 nitrogen and oxygen atoms in total. The van der Waals surface area contributed by atoms with Crippen molar-refractivity contribution in [1.29, 1.82) is 0 Å². The van der Waals surface area contributed by atoms with Gasteiger partial charge in [0.1, 0.15) is 5.75 Å². The summed E-state index contributed by atoms with van der Waals surface area (Å²) in [5.74, 6) is 2.00. The second-order valence-corrected chi connectivity index (χ2v) is 6.03. The smallest absolute Gasteiger partial charge is 0.122 e. The number of ether oxygens (including phenoxy) is 1. The molecule has 1 aromatic rings. The molecule has 0 unspecified atom stereocenters. The highest BCUT2D eigenvalue weighted by molar-refractivity contribution is 5.41. The third-order valence-corrected chi connectivity index (χ3v) is 4.67. The predicted molar refractivity (Wildman–Crippen MR) is 75.5 cm³/mol. The van der Waals surface area contributed by atoms with E-state index in [4.69, 9.17) is 4.74 Å². The second-order valence-electron chi connectivity index (χ2n) is 6.03. The van der Waals surface area contributed by atoms with Gasteiger partial charge < -0.3 is 10.1 Å². The van der Waals surface area contributed by atoms with Crippen LogP contribution in [0.3, 0.4) is 0 Å². The van der Waals surface area contributed by atoms with E-state index in [-0.39, 0.29) is 0 Å². The highest BCUT2D eigenvalue weighted by atomic mass is 16.5. The molecule has 0 aromatic heterocycles. The molecule has 1 N–H and O–H groups in total. The third-order valence-electron chi connectivity index (χ3n) is 4.67. The Balaban J connectivity index is 1.62. The van der Waals surface area contributed by atoms with Gasteiger partial charge in [-0.1, -0.05) is 12.1 Å². The predicted octanol–water partition coefficient (Wildman–Crippen LogP) is 1.98. The first-order valence-corrected chi connectivity index (χ1v) is 7.62. The zero-order chi connectivity index (χ0) is 12.7. The Morgan fingerprint density at radius 1 is 1.21 bits per heavy atom. The Bertz CT molecular complexity index is 464. The van der Waals surface area contributed by atoms with Crippen molar-refractivity contribution in [2.45, 2.75) is 25.3 Å². The molecule has 4 rings (SSSR count). The maximum Gasteiger partial charge on any atom is 0.122 e. The maximum atomic E-state index is 5.63. The highest BCUT2D eigenvalue weighted by Crippen LogP contribution is 2.45. The van der Waals surface area contributed by atoms with E-state index >= 15 is 0 Å². The molecule has 3 heteroatoms. The Kier molecular flexibility index (Phi) is 2.97. The molecule has 2 aliphatic heterocycles. The number of nitrogens with zero attached hydrogens (tertiary/aromatic N) is 1. The van der Waals surface area contributed by atoms with E-state index in [1.54, 1.807) is 0 Å². The third kappa shape index (κ3) is 2.26. The van der Waals surface area contributed by atoms with Crippen LogP contribution >= 0.6 is 0 Å². The molecular formula is C16H22N2O. The average Bonchev–Trinajstić information content (AvgIpc) is 3.17. The lowest BCUT2D eigenvalue weighted by molar-refractivity contribution is 0.156. The topological polar surface area (TPSA) is 24.5 Å². The van der Waals surface area contributed by atoms with Crippen LogP contribution in [0.1, 0.15) is 30.0 Å². The van der Waals surface area contributed by atoms with E-state index < -0.39 is 0 Å². The van der Waals surface area contributed by atoms with Crippen LogP contribution in [0.5, 0.6) is 5.75 Å². The summed E-state index contributed by atoms with van der Waals surface area (Å²) < 4.78 is 5.63. The van der Waals surface area contributed by atoms with Crippen molar-refractivity contribution in [3.63, 3.8) is 0 Å². The summed E-state index contributed by atoms with van der Waals surface area (Å²) >= 11 is 0. The number of fused-ring (bicyclic) bond motifs is 1. The number of benzene rings is 1. The zero-order valence-electron chi connectivity index (χ0n) is 11.4. The van der Waals surface area contributed by atoms with Crippen LogP contribution < -0.4 is 10.1 Å². The molecule has 1 atom stereocenters. The Morgan fingerprint density at radius 3 is 2.84 bits per heavy atom. The Labute approximate surface area is 114 Å². The molecule has 1 saturated heterocycles. The molecule has 19 heavy (non-hydrogen) atoms. The van der Waals surface area contributed by atoms with Crippen molar-refractivity contribution in [1.82, 2.24) is 10.2 Å². The fourth-order valence-electron chi connectivity index (χ4n) is 3.54. The van der Waals surface area contributed by atoms with Crippen molar-refractivity contribution in [2.75, 3.05) is 32.8 Å². The quantitative estimate of drug-likeness (QED) is 0.897. The lowest BCUT2D eigenvalue weighted by Gasteiger charge is -2.35. The lowest BCUT2D eigenvalue weighted by Crippen LogP contribution is -2.45. The zero-order valence-corrected chi connectivity index (χ0v) is 11.4. The standard InChI is InChI=1S/C16H22N2O/c1-2-12(1)16(18-8-6-17-7-9-18)14-3-4-15-13(11-14)5-10-19-15/h3-4,11-12,16-17H,1-2,5-10H2/t16-/m0/s1. The summed E-state index contributed by atoms with van der Waals surface area (Å²) in [4.78, 5) is 2.69. The second kappa shape index (κ2) is 4.80. The van der Waals surface area contributed by atoms with E-state index in [1.165, 1.54) is 37.1 Å². The molecule has 102 valence electrons. The minimum atomic E-state index is 0.646. The first-order valence-electron chi connectivity index (χ1n) is 7.62. The van der Waals surface area contributed by atoms with E-state index in [0.717, 1.165) is 37.8 Å². The van der Waals surface area contributed by atoms with Crippen LogP contribution in [0.2, 0.25) is 0 Å². The van der Waals surface area contributed by atoms with Gasteiger partial charge in [0.05, 0.1) is 6.61 Å². The SMILES string of the molecule is c1cc2c(cc1[C@H](C1CC1)N1CCNCC1)CCO2. The molecule has 0 bridgehead atoms. The van der Waals surface area contributed by atoms with E-state index in [1.807, 2.05) is 0 Å². The summed E-state index contributed by atoms with van der Waals surface area (Å²) in [6.45, 7) is 5.51. The molecule has 0 spiro atoms. The highest BCUT2D eigenvalue weighted by Gasteiger charge is 2.37. The summed E-state index contributed by atoms with van der Waals surface area (Å²) in [6.07, 6.45) is 3.90. The van der Waals surface area contributed by atoms with Gasteiger partial charge in [-0.3, -0.25) is 4.90 Å². The van der Waals surface area contributed by atoms with E-state index in [0.29, 0.717) is 6.04 Å². The van der Waals surface area contributed by atoms with Crippen LogP contribution in [0.4, 0.5) is 0 Å². The molecule has 1 aliphatic carbocycles. The normalized spacial score (nSPS) is 24.8. The molecule has 2 fully saturated rings. The molecule has 0 amide bonds. The molecule has 2 heterocycles. The number of hydrogen-bond donors (Lipinski definition) is 1. The summed E-state index contributed by atoms with van der Waals surface area (Å²) in [7, 11) is 0. The maximum absolute atomic E-state index is 5.63. The van der Waals surface area contributed by atoms with Gasteiger partial charge in [0.2, 0.25) is 0 Å². The van der Waals surface area contributed by atoms with Crippen LogP contribution in [-0.2, 0) is 6.42 Å². The van der Waals surface area contributed by atoms with Gasteiger partial charge >= 0.3 is 0 Å². The molecule has 1 aromatic carbocycles. The Morgan fingerprint density at radius 2 is 2.05 bits per heavy atom. The monoisotopic (exact) mass is 258 g/mol. The summed E-state index contributed by atoms with van der Waals surface area (Å²) in [6, 6.07) is 7.55. The van der Waals surface area contributed by atoms with Crippen LogP contribution in [0, 0.1) is 5.92 Å². The average molecular weight is 258 g/mol. The first-order chi connectivity index (χ1) is 9.42. The van der Waals surface area contributed by atoms with Crippen LogP contribution in [0.15, 0.2) is 18.2 Å². The fourth-order valence-corrected chi connectivity index (χ4v) is 3.54. The van der Waals surface area contributed by atoms with Crippen molar-refractivity contribution in [3.8, 4) is 5.75 Å². The summed E-state index contributed by atoms with van der Waals surface area (Å²) in [5.41, 5.74) is 2.94. The number of rotatable bonds is 3. The molecular weight excluding hydrogens is 236 g/mol. The van der Waals surface area contributed by atoms with E-state index in [2.05, 4.69) is 28.4 Å².